The molecule has 0 amide bonds. The lowest BCUT2D eigenvalue weighted by Gasteiger charge is -2.28. The minimum absolute atomic E-state index is 0.205. The van der Waals surface area contributed by atoms with E-state index in [2.05, 4.69) is 17.1 Å². The van der Waals surface area contributed by atoms with Gasteiger partial charge >= 0.3 is 0 Å². The summed E-state index contributed by atoms with van der Waals surface area (Å²) in [6.45, 7) is 0. The molecule has 0 spiro atoms. The molecule has 3 rings (SSSR count). The van der Waals surface area contributed by atoms with Crippen molar-refractivity contribution in [2.24, 2.45) is 0 Å². The van der Waals surface area contributed by atoms with E-state index in [0.717, 1.165) is 49.1 Å². The van der Waals surface area contributed by atoms with Gasteiger partial charge in [-0.15, -0.1) is 0 Å². The maximum atomic E-state index is 10.7. The zero-order chi connectivity index (χ0) is 20.1. The highest BCUT2D eigenvalue weighted by molar-refractivity contribution is 6.45. The number of nitrogens with zero attached hydrogens (tertiary/aromatic N) is 1. The first-order valence-corrected chi connectivity index (χ1v) is 10.2. The van der Waals surface area contributed by atoms with Crippen molar-refractivity contribution in [1.82, 2.24) is 4.98 Å². The van der Waals surface area contributed by atoms with Crippen molar-refractivity contribution in [1.29, 1.82) is 0 Å². The second-order valence-corrected chi connectivity index (χ2v) is 7.85. The first-order chi connectivity index (χ1) is 13.5. The molecule has 4 nitrogen and oxygen atoms in total. The number of pyridine rings is 1. The van der Waals surface area contributed by atoms with Crippen LogP contribution in [-0.4, -0.2) is 44.4 Å². The summed E-state index contributed by atoms with van der Waals surface area (Å²) in [5.41, 5.74) is 3.45. The number of rotatable bonds is 4. The van der Waals surface area contributed by atoms with Crippen molar-refractivity contribution in [3.8, 4) is 5.75 Å². The van der Waals surface area contributed by atoms with Gasteiger partial charge < -0.3 is 14.6 Å². The second kappa shape index (κ2) is 9.77. The maximum Gasteiger partial charge on any atom is 0.118 e. The van der Waals surface area contributed by atoms with Crippen LogP contribution >= 0.6 is 11.6 Å². The van der Waals surface area contributed by atoms with Gasteiger partial charge in [0.05, 0.1) is 19.3 Å². The first-order valence-electron chi connectivity index (χ1n) is 9.80. The quantitative estimate of drug-likeness (QED) is 0.801. The lowest BCUT2D eigenvalue weighted by molar-refractivity contribution is -0.0174. The van der Waals surface area contributed by atoms with Crippen LogP contribution in [0, 0.1) is 0 Å². The molecule has 0 bridgehead atoms. The highest BCUT2D eigenvalue weighted by atomic mass is 35.5. The number of fused-ring (bicyclic) bond motifs is 1. The standard InChI is InChI=1S/C22H27BClNO3/c1-27-16-9-7-14(8-10-16)11-15-5-3-4-6-20(28-2)19(26)12-17-21(24)18(23)13-25-22(15)17/h7-10,13,15,19-20,26H,3-6,11-12H2,1-2H3/t15?,19-,20-/m1/s1. The predicted molar refractivity (Wildman–Crippen MR) is 113 cm³/mol. The zero-order valence-corrected chi connectivity index (χ0v) is 17.3. The van der Waals surface area contributed by atoms with Crippen LogP contribution in [0.1, 0.15) is 48.4 Å². The molecule has 2 radical (unpaired) electrons. The molecule has 2 aromatic rings. The topological polar surface area (TPSA) is 51.6 Å². The van der Waals surface area contributed by atoms with E-state index in [0.29, 0.717) is 16.9 Å². The van der Waals surface area contributed by atoms with Crippen LogP contribution in [0.2, 0.25) is 5.02 Å². The van der Waals surface area contributed by atoms with Gasteiger partial charge in [0, 0.05) is 36.4 Å². The Morgan fingerprint density at radius 2 is 1.89 bits per heavy atom. The minimum atomic E-state index is -0.635. The van der Waals surface area contributed by atoms with E-state index in [1.165, 1.54) is 5.56 Å². The molecular weight excluding hydrogens is 373 g/mol. The van der Waals surface area contributed by atoms with E-state index in [9.17, 15) is 5.11 Å². The summed E-state index contributed by atoms with van der Waals surface area (Å²) in [6.07, 6.45) is 5.91. The Hall–Kier alpha value is -1.56. The van der Waals surface area contributed by atoms with Crippen LogP contribution < -0.4 is 10.2 Å². The molecule has 0 aliphatic heterocycles. The Kier molecular flexibility index (Phi) is 7.39. The predicted octanol–water partition coefficient (Wildman–Crippen LogP) is 3.36. The van der Waals surface area contributed by atoms with E-state index in [4.69, 9.17) is 28.9 Å². The third-order valence-electron chi connectivity index (χ3n) is 5.63. The molecule has 148 valence electrons. The molecule has 3 atom stereocenters. The number of ether oxygens (including phenoxy) is 2. The molecule has 1 aromatic carbocycles. The highest BCUT2D eigenvalue weighted by Crippen LogP contribution is 2.33. The number of halogens is 1. The molecule has 1 aliphatic carbocycles. The van der Waals surface area contributed by atoms with Gasteiger partial charge in [0.2, 0.25) is 0 Å². The van der Waals surface area contributed by atoms with Crippen molar-refractivity contribution in [3.63, 3.8) is 0 Å². The second-order valence-electron chi connectivity index (χ2n) is 7.47. The summed E-state index contributed by atoms with van der Waals surface area (Å²) in [6, 6.07) is 8.14. The van der Waals surface area contributed by atoms with Crippen LogP contribution in [0.5, 0.6) is 5.75 Å². The SMILES string of the molecule is [B]c1cnc2c(c1Cl)C[C@@H](O)[C@H](OC)CCCCC2Cc1ccc(OC)cc1. The molecule has 6 heteroatoms. The number of aliphatic hydroxyl groups excluding tert-OH is 1. The average molecular weight is 400 g/mol. The molecular formula is C22H27BClNO3. The summed E-state index contributed by atoms with van der Waals surface area (Å²) in [4.78, 5) is 4.66. The van der Waals surface area contributed by atoms with Gasteiger partial charge in [-0.2, -0.15) is 0 Å². The molecule has 0 saturated heterocycles. The first kappa shape index (κ1) is 21.2. The average Bonchev–Trinajstić information content (AvgIpc) is 2.71. The third-order valence-corrected chi connectivity index (χ3v) is 6.08. The van der Waals surface area contributed by atoms with E-state index in [1.807, 2.05) is 12.1 Å². The van der Waals surface area contributed by atoms with Crippen molar-refractivity contribution < 1.29 is 14.6 Å². The molecule has 28 heavy (non-hydrogen) atoms. The number of aromatic nitrogens is 1. The fraction of sp³-hybridized carbons (Fsp3) is 0.500. The Morgan fingerprint density at radius 3 is 2.57 bits per heavy atom. The highest BCUT2D eigenvalue weighted by Gasteiger charge is 2.27. The summed E-state index contributed by atoms with van der Waals surface area (Å²) >= 11 is 6.56. The zero-order valence-electron chi connectivity index (χ0n) is 16.5. The summed E-state index contributed by atoms with van der Waals surface area (Å²) < 4.78 is 10.8. The normalized spacial score (nSPS) is 23.1. The molecule has 1 unspecified atom stereocenters. The van der Waals surface area contributed by atoms with Gasteiger partial charge in [0.25, 0.3) is 0 Å². The van der Waals surface area contributed by atoms with Crippen molar-refractivity contribution in [2.45, 2.75) is 56.7 Å². The Balaban J connectivity index is 1.95. The number of aliphatic hydroxyl groups is 1. The molecule has 1 aliphatic rings. The van der Waals surface area contributed by atoms with Crippen LogP contribution in [-0.2, 0) is 17.6 Å². The van der Waals surface area contributed by atoms with Crippen molar-refractivity contribution in [3.05, 3.63) is 52.3 Å². The van der Waals surface area contributed by atoms with E-state index >= 15 is 0 Å². The third kappa shape index (κ3) is 4.89. The van der Waals surface area contributed by atoms with Gasteiger partial charge in [-0.1, -0.05) is 42.0 Å². The smallest absolute Gasteiger partial charge is 0.118 e. The van der Waals surface area contributed by atoms with E-state index in [1.54, 1.807) is 20.4 Å². The van der Waals surface area contributed by atoms with Crippen molar-refractivity contribution in [2.75, 3.05) is 14.2 Å². The monoisotopic (exact) mass is 399 g/mol. The van der Waals surface area contributed by atoms with Crippen LogP contribution in [0.3, 0.4) is 0 Å². The molecule has 0 saturated carbocycles. The molecule has 1 aromatic heterocycles. The Morgan fingerprint density at radius 1 is 1.18 bits per heavy atom. The van der Waals surface area contributed by atoms with E-state index in [-0.39, 0.29) is 12.0 Å². The number of benzene rings is 1. The van der Waals surface area contributed by atoms with Gasteiger partial charge in [-0.05, 0) is 42.5 Å². The minimum Gasteiger partial charge on any atom is -0.497 e. The lowest BCUT2D eigenvalue weighted by Crippen LogP contribution is -2.32. The summed E-state index contributed by atoms with van der Waals surface area (Å²) in [5, 5.41) is 11.2. The fourth-order valence-electron chi connectivity index (χ4n) is 4.03. The Bertz CT molecular complexity index is 784. The van der Waals surface area contributed by atoms with Crippen LogP contribution in [0.25, 0.3) is 0 Å². The fourth-order valence-corrected chi connectivity index (χ4v) is 4.25. The van der Waals surface area contributed by atoms with Gasteiger partial charge in [-0.3, -0.25) is 4.98 Å². The van der Waals surface area contributed by atoms with Crippen LogP contribution in [0.15, 0.2) is 30.5 Å². The molecule has 0 fully saturated rings. The lowest BCUT2D eigenvalue weighted by atomic mass is 9.83. The van der Waals surface area contributed by atoms with Gasteiger partial charge in [0.1, 0.15) is 13.6 Å². The number of hydrogen-bond donors (Lipinski definition) is 1. The largest absolute Gasteiger partial charge is 0.497 e. The summed E-state index contributed by atoms with van der Waals surface area (Å²) in [5.74, 6) is 1.06. The maximum absolute atomic E-state index is 10.7. The van der Waals surface area contributed by atoms with Gasteiger partial charge in [0.15, 0.2) is 0 Å². The molecule has 1 heterocycles. The van der Waals surface area contributed by atoms with Crippen LogP contribution in [0.4, 0.5) is 0 Å². The number of hydrogen-bond acceptors (Lipinski definition) is 4. The summed E-state index contributed by atoms with van der Waals surface area (Å²) in [7, 11) is 9.34. The Labute approximate surface area is 173 Å². The number of methoxy groups -OCH3 is 2. The molecule has 1 N–H and O–H groups in total. The van der Waals surface area contributed by atoms with Gasteiger partial charge in [-0.25, -0.2) is 0 Å². The van der Waals surface area contributed by atoms with E-state index < -0.39 is 6.10 Å². The van der Waals surface area contributed by atoms with Crippen molar-refractivity contribution >= 4 is 24.9 Å².